The molecule has 0 saturated carbocycles. The summed E-state index contributed by atoms with van der Waals surface area (Å²) in [6.07, 6.45) is 1.48. The summed E-state index contributed by atoms with van der Waals surface area (Å²) in [5.41, 5.74) is 4.31. The van der Waals surface area contributed by atoms with Gasteiger partial charge < -0.3 is 33.5 Å². The van der Waals surface area contributed by atoms with Crippen LogP contribution in [0, 0.1) is 0 Å². The molecule has 0 radical (unpaired) electrons. The molecule has 20 heteroatoms. The number of hydrogen-bond acceptors (Lipinski definition) is 15. The second-order valence-electron chi connectivity index (χ2n) is 14.9. The Bertz CT molecular complexity index is 2740. The van der Waals surface area contributed by atoms with E-state index in [4.69, 9.17) is 45.3 Å². The Morgan fingerprint density at radius 2 is 0.892 bits per heavy atom. The van der Waals surface area contributed by atoms with Gasteiger partial charge in [-0.05, 0) is 59.7 Å². The molecule has 6 aromatic rings. The number of rotatable bonds is 15. The minimum absolute atomic E-state index is 0.197. The molecule has 2 fully saturated rings. The first kappa shape index (κ1) is 47.8. The number of aromatic nitrogens is 2. The van der Waals surface area contributed by atoms with Gasteiger partial charge in [-0.3, -0.25) is 0 Å². The maximum atomic E-state index is 13.1. The van der Waals surface area contributed by atoms with Gasteiger partial charge in [0.2, 0.25) is 20.0 Å². The van der Waals surface area contributed by atoms with Crippen molar-refractivity contribution in [2.45, 2.75) is 22.6 Å². The quantitative estimate of drug-likeness (QED) is 0.102. The summed E-state index contributed by atoms with van der Waals surface area (Å²) >= 11 is 9.12. The third-order valence-corrected chi connectivity index (χ3v) is 16.9. The van der Waals surface area contributed by atoms with Crippen LogP contribution in [0.3, 0.4) is 0 Å². The lowest BCUT2D eigenvalue weighted by Gasteiger charge is -2.33. The number of ether oxygens (including phenoxy) is 5. The lowest BCUT2D eigenvalue weighted by molar-refractivity contribution is 0.353. The van der Waals surface area contributed by atoms with E-state index in [0.29, 0.717) is 80.4 Å². The van der Waals surface area contributed by atoms with Gasteiger partial charge in [0.05, 0.1) is 56.7 Å². The number of thiazole rings is 2. The molecule has 2 saturated heterocycles. The van der Waals surface area contributed by atoms with Crippen molar-refractivity contribution in [1.82, 2.24) is 18.6 Å². The number of sulfonamides is 2. The smallest absolute Gasteiger partial charge is 0.243 e. The number of piperazine rings is 2. The molecule has 4 aromatic carbocycles. The largest absolute Gasteiger partial charge is 0.497 e. The Kier molecular flexibility index (Phi) is 15.8. The number of hydrogen-bond donors (Lipinski definition) is 0. The van der Waals surface area contributed by atoms with Crippen molar-refractivity contribution in [3.8, 4) is 28.7 Å². The molecule has 0 N–H and O–H groups in total. The number of anilines is 2. The van der Waals surface area contributed by atoms with Crippen LogP contribution in [-0.4, -0.2) is 123 Å². The summed E-state index contributed by atoms with van der Waals surface area (Å²) in [6.45, 7) is 3.91. The van der Waals surface area contributed by atoms with E-state index in [-0.39, 0.29) is 9.79 Å². The molecule has 0 unspecified atom stereocenters. The minimum atomic E-state index is -3.62. The molecule has 0 spiro atoms. The molecule has 0 atom stereocenters. The summed E-state index contributed by atoms with van der Waals surface area (Å²) in [7, 11) is 0.427. The molecule has 4 heterocycles. The molecular weight excluding hydrogens is 932 g/mol. The van der Waals surface area contributed by atoms with E-state index in [0.717, 1.165) is 45.8 Å². The maximum absolute atomic E-state index is 13.1. The van der Waals surface area contributed by atoms with E-state index in [1.54, 1.807) is 54.0 Å². The SMILES string of the molecule is COc1ccc(Cc2csc(N3CCN(S(=O)(=O)c4ccc(OC)c(OC)c4)CC3)n2)cc1.COc1ccc(S(=O)(=O)N2CCN(c3nc(Cc4ccc(Cl)cc4)cs3)CC2)cc1OC. The highest BCUT2D eigenvalue weighted by molar-refractivity contribution is 7.89. The van der Waals surface area contributed by atoms with Crippen LogP contribution in [0.15, 0.2) is 105 Å². The average Bonchev–Trinajstić information content (AvgIpc) is 4.02. The number of nitrogens with zero attached hydrogens (tertiary/aromatic N) is 6. The van der Waals surface area contributed by atoms with Gasteiger partial charge in [-0.2, -0.15) is 8.61 Å². The Morgan fingerprint density at radius 1 is 0.508 bits per heavy atom. The molecule has 2 aliphatic rings. The van der Waals surface area contributed by atoms with Crippen molar-refractivity contribution >= 4 is 64.6 Å². The number of halogens is 1. The molecule has 0 bridgehead atoms. The normalized spacial score (nSPS) is 14.9. The third-order valence-electron chi connectivity index (χ3n) is 10.9. The van der Waals surface area contributed by atoms with E-state index in [1.807, 2.05) is 48.5 Å². The van der Waals surface area contributed by atoms with E-state index in [2.05, 4.69) is 20.6 Å². The summed E-state index contributed by atoms with van der Waals surface area (Å²) in [5, 5.41) is 6.66. The van der Waals surface area contributed by atoms with Crippen LogP contribution in [0.4, 0.5) is 10.3 Å². The van der Waals surface area contributed by atoms with E-state index < -0.39 is 20.0 Å². The summed E-state index contributed by atoms with van der Waals surface area (Å²) in [5.74, 6) is 2.61. The lowest BCUT2D eigenvalue weighted by Crippen LogP contribution is -2.48. The summed E-state index contributed by atoms with van der Waals surface area (Å²) in [6, 6.07) is 25.1. The van der Waals surface area contributed by atoms with Gasteiger partial charge in [-0.1, -0.05) is 35.9 Å². The van der Waals surface area contributed by atoms with Crippen LogP contribution < -0.4 is 33.5 Å². The summed E-state index contributed by atoms with van der Waals surface area (Å²) in [4.78, 5) is 14.2. The van der Waals surface area contributed by atoms with Crippen molar-refractivity contribution in [2.24, 2.45) is 0 Å². The van der Waals surface area contributed by atoms with E-state index in [9.17, 15) is 16.8 Å². The van der Waals surface area contributed by atoms with Gasteiger partial charge in [0.25, 0.3) is 0 Å². The highest BCUT2D eigenvalue weighted by Gasteiger charge is 2.32. The summed E-state index contributed by atoms with van der Waals surface area (Å²) < 4.78 is 81.7. The fraction of sp³-hybridized carbons (Fsp3) is 0.333. The lowest BCUT2D eigenvalue weighted by atomic mass is 10.1. The first-order chi connectivity index (χ1) is 31.3. The highest BCUT2D eigenvalue weighted by Crippen LogP contribution is 2.33. The van der Waals surface area contributed by atoms with Gasteiger partial charge >= 0.3 is 0 Å². The van der Waals surface area contributed by atoms with Crippen LogP contribution >= 0.6 is 34.3 Å². The Hall–Kier alpha value is -5.15. The van der Waals surface area contributed by atoms with Crippen LogP contribution in [0.5, 0.6) is 28.7 Å². The van der Waals surface area contributed by atoms with Crippen LogP contribution in [-0.2, 0) is 32.9 Å². The molecule has 65 heavy (non-hydrogen) atoms. The zero-order valence-corrected chi connectivity index (χ0v) is 40.7. The number of benzene rings is 4. The Morgan fingerprint density at radius 3 is 1.26 bits per heavy atom. The Labute approximate surface area is 393 Å². The van der Waals surface area contributed by atoms with Gasteiger partial charge in [0, 0.05) is 93.1 Å². The monoisotopic (exact) mass is 982 g/mol. The molecule has 346 valence electrons. The van der Waals surface area contributed by atoms with Crippen molar-refractivity contribution in [1.29, 1.82) is 0 Å². The van der Waals surface area contributed by atoms with E-state index in [1.165, 1.54) is 54.7 Å². The molecular formula is C45H51ClN6O9S4. The molecule has 2 aliphatic heterocycles. The standard InChI is InChI=1S/C23H27N3O5S2.C22H24ClN3O4S2/c1-29-19-6-4-17(5-7-19)14-18-16-32-23(24-18)25-10-12-26(13-11-25)33(27,28)20-8-9-21(30-2)22(15-20)31-3;1-29-20-8-7-19(14-21(20)30-2)32(27,28)26-11-9-25(10-12-26)22-24-18(15-31-22)13-16-3-5-17(23)6-4-16/h4-9,15-16H,10-14H2,1-3H3;3-8,14-15H,9-13H2,1-2H3. The van der Waals surface area contributed by atoms with Crippen LogP contribution in [0.1, 0.15) is 22.5 Å². The second kappa shape index (κ2) is 21.4. The van der Waals surface area contributed by atoms with Crippen molar-refractivity contribution < 1.29 is 40.5 Å². The van der Waals surface area contributed by atoms with Crippen LogP contribution in [0.25, 0.3) is 0 Å². The minimum Gasteiger partial charge on any atom is -0.497 e. The molecule has 0 amide bonds. The highest BCUT2D eigenvalue weighted by atomic mass is 35.5. The molecule has 8 rings (SSSR count). The molecule has 2 aromatic heterocycles. The maximum Gasteiger partial charge on any atom is 0.243 e. The van der Waals surface area contributed by atoms with E-state index >= 15 is 0 Å². The zero-order chi connectivity index (χ0) is 46.1. The average molecular weight is 984 g/mol. The Balaban J connectivity index is 0.000000194. The zero-order valence-electron chi connectivity index (χ0n) is 36.7. The van der Waals surface area contributed by atoms with Crippen molar-refractivity contribution in [2.75, 3.05) is 97.7 Å². The van der Waals surface area contributed by atoms with Crippen molar-refractivity contribution in [3.05, 3.63) is 123 Å². The van der Waals surface area contributed by atoms with Gasteiger partial charge in [-0.15, -0.1) is 22.7 Å². The number of methoxy groups -OCH3 is 5. The predicted molar refractivity (Wildman–Crippen MR) is 255 cm³/mol. The third kappa shape index (κ3) is 11.5. The van der Waals surface area contributed by atoms with Gasteiger partial charge in [0.15, 0.2) is 33.3 Å². The van der Waals surface area contributed by atoms with Gasteiger partial charge in [0.1, 0.15) is 5.75 Å². The van der Waals surface area contributed by atoms with Crippen molar-refractivity contribution in [3.63, 3.8) is 0 Å². The fourth-order valence-electron chi connectivity index (χ4n) is 7.30. The van der Waals surface area contributed by atoms with Gasteiger partial charge in [-0.25, -0.2) is 26.8 Å². The predicted octanol–water partition coefficient (Wildman–Crippen LogP) is 7.19. The topological polar surface area (TPSA) is 153 Å². The molecule has 0 aliphatic carbocycles. The van der Waals surface area contributed by atoms with Crippen LogP contribution in [0.2, 0.25) is 5.02 Å². The first-order valence-electron chi connectivity index (χ1n) is 20.6. The molecule has 15 nitrogen and oxygen atoms in total. The fourth-order valence-corrected chi connectivity index (χ4v) is 12.1. The second-order valence-corrected chi connectivity index (χ2v) is 20.9. The first-order valence-corrected chi connectivity index (χ1v) is 25.6.